The monoisotopic (exact) mass is 549 g/mol. The van der Waals surface area contributed by atoms with Crippen LogP contribution < -0.4 is 5.32 Å². The maximum atomic E-state index is 10.9. The Morgan fingerprint density at radius 3 is 2.69 bits per heavy atom. The van der Waals surface area contributed by atoms with Crippen molar-refractivity contribution in [2.45, 2.75) is 52.6 Å². The third kappa shape index (κ3) is 7.40. The van der Waals surface area contributed by atoms with Gasteiger partial charge in [0.2, 0.25) is 6.41 Å². The van der Waals surface area contributed by atoms with Crippen molar-refractivity contribution in [3.63, 3.8) is 0 Å². The average Bonchev–Trinajstić information content (AvgIpc) is 3.64. The molecule has 0 atom stereocenters. The lowest BCUT2D eigenvalue weighted by Gasteiger charge is -2.28. The van der Waals surface area contributed by atoms with Gasteiger partial charge in [0.05, 0.1) is 27.2 Å². The van der Waals surface area contributed by atoms with Crippen molar-refractivity contribution in [2.75, 3.05) is 38.0 Å². The largest absolute Gasteiger partial charge is 0.393 e. The number of anilines is 2. The lowest BCUT2D eigenvalue weighted by molar-refractivity contribution is -0.117. The van der Waals surface area contributed by atoms with E-state index >= 15 is 0 Å². The van der Waals surface area contributed by atoms with E-state index in [1.54, 1.807) is 22.6 Å². The second kappa shape index (κ2) is 14.2. The van der Waals surface area contributed by atoms with Gasteiger partial charge in [-0.15, -0.1) is 11.3 Å². The summed E-state index contributed by atoms with van der Waals surface area (Å²) in [4.78, 5) is 31.5. The first-order valence-corrected chi connectivity index (χ1v) is 14.7. The van der Waals surface area contributed by atoms with Gasteiger partial charge in [-0.2, -0.15) is 0 Å². The summed E-state index contributed by atoms with van der Waals surface area (Å²) in [6, 6.07) is 8.15. The Bertz CT molecular complexity index is 1370. The van der Waals surface area contributed by atoms with Gasteiger partial charge in [0, 0.05) is 37.6 Å². The Labute approximate surface area is 234 Å². The number of aromatic nitrogens is 4. The van der Waals surface area contributed by atoms with E-state index < -0.39 is 0 Å². The average molecular weight is 550 g/mol. The number of aliphatic hydroxyl groups excluding tert-OH is 1. The number of thiazole rings is 1. The van der Waals surface area contributed by atoms with E-state index in [0.717, 1.165) is 83.8 Å². The van der Waals surface area contributed by atoms with Crippen molar-refractivity contribution in [2.24, 2.45) is 0 Å². The number of carbonyl (C=O) groups is 1. The van der Waals surface area contributed by atoms with E-state index in [9.17, 15) is 4.79 Å². The zero-order valence-corrected chi connectivity index (χ0v) is 23.9. The third-order valence-electron chi connectivity index (χ3n) is 6.85. The molecule has 10 heteroatoms. The van der Waals surface area contributed by atoms with Crippen molar-refractivity contribution in [3.05, 3.63) is 47.9 Å². The molecule has 0 spiro atoms. The predicted molar refractivity (Wildman–Crippen MR) is 160 cm³/mol. The third-order valence-corrected chi connectivity index (χ3v) is 7.64. The number of fused-ring (bicyclic) bond motifs is 2. The lowest BCUT2D eigenvalue weighted by Crippen LogP contribution is -2.36. The van der Waals surface area contributed by atoms with Crippen molar-refractivity contribution in [3.8, 4) is 0 Å². The van der Waals surface area contributed by atoms with Gasteiger partial charge < -0.3 is 25.2 Å². The smallest absolute Gasteiger partial charge is 0.209 e. The number of hydrogen-bond acceptors (Lipinski definition) is 8. The molecule has 2 aliphatic rings. The minimum Gasteiger partial charge on any atom is -0.393 e. The van der Waals surface area contributed by atoms with Gasteiger partial charge in [-0.1, -0.05) is 26.8 Å². The van der Waals surface area contributed by atoms with Crippen LogP contribution in [0, 0.1) is 0 Å². The Balaban J connectivity index is 0.000000248. The van der Waals surface area contributed by atoms with E-state index in [0.29, 0.717) is 6.54 Å². The van der Waals surface area contributed by atoms with Crippen molar-refractivity contribution in [1.29, 1.82) is 0 Å². The topological polar surface area (TPSA) is 110 Å². The maximum Gasteiger partial charge on any atom is 0.209 e. The number of hydrogen-bond donors (Lipinski definition) is 3. The van der Waals surface area contributed by atoms with Gasteiger partial charge in [-0.3, -0.25) is 4.79 Å². The van der Waals surface area contributed by atoms with Gasteiger partial charge in [0.1, 0.15) is 17.8 Å². The molecule has 39 heavy (non-hydrogen) atoms. The number of H-pyrrole nitrogens is 1. The fourth-order valence-electron chi connectivity index (χ4n) is 4.77. The quantitative estimate of drug-likeness (QED) is 0.275. The first-order chi connectivity index (χ1) is 19.1. The number of nitrogens with zero attached hydrogens (tertiary/aromatic N) is 5. The first kappa shape index (κ1) is 28.7. The molecule has 1 aromatic carbocycles. The van der Waals surface area contributed by atoms with Crippen LogP contribution in [0.1, 0.15) is 52.1 Å². The molecular weight excluding hydrogens is 510 g/mol. The summed E-state index contributed by atoms with van der Waals surface area (Å²) >= 11 is 1.61. The van der Waals surface area contributed by atoms with Crippen LogP contribution in [0.15, 0.2) is 42.2 Å². The maximum absolute atomic E-state index is 10.9. The van der Waals surface area contributed by atoms with Crippen LogP contribution >= 0.6 is 11.3 Å². The number of likely N-dealkylation sites (tertiary alicyclic amines) is 1. The second-order valence-electron chi connectivity index (χ2n) is 9.48. The number of aromatic amines is 1. The zero-order valence-electron chi connectivity index (χ0n) is 23.1. The van der Waals surface area contributed by atoms with Gasteiger partial charge >= 0.3 is 0 Å². The summed E-state index contributed by atoms with van der Waals surface area (Å²) in [5.74, 6) is 0.761. The number of amides is 1. The summed E-state index contributed by atoms with van der Waals surface area (Å²) in [7, 11) is 0. The van der Waals surface area contributed by atoms with E-state index in [1.807, 2.05) is 31.5 Å². The lowest BCUT2D eigenvalue weighted by atomic mass is 10.1. The minimum atomic E-state index is -0.0203. The fraction of sp³-hybridized carbons (Fsp3) is 0.448. The number of nitrogens with one attached hydrogen (secondary N) is 2. The highest BCUT2D eigenvalue weighted by Crippen LogP contribution is 2.30. The number of aliphatic hydroxyl groups is 1. The van der Waals surface area contributed by atoms with Crippen molar-refractivity contribution >= 4 is 56.1 Å². The first-order valence-electron chi connectivity index (χ1n) is 13.9. The van der Waals surface area contributed by atoms with Crippen LogP contribution in [-0.4, -0.2) is 80.1 Å². The molecule has 1 saturated heterocycles. The standard InChI is InChI=1S/C19H16N6OS.C8H17NO.C2H6/c26-11-25-5-3-12(4-6-25)16-8-14-18(20-9-21-19(14)24-16)23-13-1-2-15-17(7-13)27-10-22-15;1-2-5-9-6-3-8(10)4-7-9;1-2/h1-3,7-11H,4-6H2,(H2,20,21,23,24);8,10H,2-7H2,1H3;1-2H3. The van der Waals surface area contributed by atoms with Crippen LogP contribution in [0.3, 0.4) is 0 Å². The molecule has 0 radical (unpaired) electrons. The fourth-order valence-corrected chi connectivity index (χ4v) is 5.48. The number of piperidine rings is 1. The Morgan fingerprint density at radius 2 is 1.97 bits per heavy atom. The van der Waals surface area contributed by atoms with E-state index in [1.165, 1.54) is 18.5 Å². The summed E-state index contributed by atoms with van der Waals surface area (Å²) < 4.78 is 1.13. The molecule has 0 bridgehead atoms. The molecule has 3 N–H and O–H groups in total. The summed E-state index contributed by atoms with van der Waals surface area (Å²) in [6.07, 6.45) is 8.51. The van der Waals surface area contributed by atoms with Gasteiger partial charge in [0.25, 0.3) is 0 Å². The van der Waals surface area contributed by atoms with E-state index in [4.69, 9.17) is 5.11 Å². The van der Waals surface area contributed by atoms with Gasteiger partial charge in [-0.05, 0) is 62.1 Å². The molecule has 9 nitrogen and oxygen atoms in total. The summed E-state index contributed by atoms with van der Waals surface area (Å²) in [6.45, 7) is 11.0. The molecule has 208 valence electrons. The Hall–Kier alpha value is -3.34. The molecule has 1 amide bonds. The van der Waals surface area contributed by atoms with Crippen molar-refractivity contribution < 1.29 is 9.90 Å². The normalized spacial score (nSPS) is 16.2. The summed E-state index contributed by atoms with van der Waals surface area (Å²) in [5, 5.41) is 13.5. The van der Waals surface area contributed by atoms with Crippen molar-refractivity contribution in [1.82, 2.24) is 29.7 Å². The molecule has 5 heterocycles. The highest BCUT2D eigenvalue weighted by Gasteiger charge is 2.16. The van der Waals surface area contributed by atoms with E-state index in [2.05, 4.69) is 55.3 Å². The minimum absolute atomic E-state index is 0.0203. The highest BCUT2D eigenvalue weighted by atomic mass is 32.1. The van der Waals surface area contributed by atoms with E-state index in [-0.39, 0.29) is 6.10 Å². The second-order valence-corrected chi connectivity index (χ2v) is 10.4. The molecule has 0 saturated carbocycles. The molecule has 2 aliphatic heterocycles. The SMILES string of the molecule is CC.CCCN1CCC(O)CC1.O=CN1CC=C(c2cc3c(Nc4ccc5ncsc5c4)ncnc3[nH]2)CC1. The van der Waals surface area contributed by atoms with Gasteiger partial charge in [0.15, 0.2) is 0 Å². The van der Waals surface area contributed by atoms with Crippen LogP contribution in [-0.2, 0) is 4.79 Å². The Kier molecular flexibility index (Phi) is 10.4. The molecule has 0 unspecified atom stereocenters. The van der Waals surface area contributed by atoms with Crippen LogP contribution in [0.2, 0.25) is 0 Å². The molecule has 0 aliphatic carbocycles. The number of benzene rings is 1. The molecular formula is C29H39N7O2S. The van der Waals surface area contributed by atoms with Gasteiger partial charge in [-0.25, -0.2) is 15.0 Å². The molecule has 1 fully saturated rings. The molecule has 4 aromatic rings. The summed E-state index contributed by atoms with van der Waals surface area (Å²) in [5.41, 5.74) is 6.82. The zero-order chi connectivity index (χ0) is 27.6. The van der Waals surface area contributed by atoms with Crippen LogP contribution in [0.4, 0.5) is 11.5 Å². The number of carbonyl (C=O) groups excluding carboxylic acids is 1. The molecule has 6 rings (SSSR count). The van der Waals surface area contributed by atoms with Crippen LogP contribution in [0.25, 0.3) is 26.8 Å². The predicted octanol–water partition coefficient (Wildman–Crippen LogP) is 5.44. The highest BCUT2D eigenvalue weighted by molar-refractivity contribution is 7.16. The Morgan fingerprint density at radius 1 is 1.15 bits per heavy atom. The van der Waals surface area contributed by atoms with Crippen LogP contribution in [0.5, 0.6) is 0 Å². The molecule has 3 aromatic heterocycles. The number of rotatable bonds is 6.